The number of aromatic nitrogens is 1. The second-order valence-corrected chi connectivity index (χ2v) is 4.53. The fourth-order valence-corrected chi connectivity index (χ4v) is 2.47. The van der Waals surface area contributed by atoms with E-state index in [4.69, 9.17) is 11.5 Å². The fourth-order valence-electron chi connectivity index (χ4n) is 2.47. The van der Waals surface area contributed by atoms with Gasteiger partial charge in [0.15, 0.2) is 0 Å². The maximum atomic E-state index is 5.88. The number of rotatable bonds is 1. The Labute approximate surface area is 106 Å². The monoisotopic (exact) mass is 238 g/mol. The third-order valence-corrected chi connectivity index (χ3v) is 3.32. The van der Waals surface area contributed by atoms with Crippen LogP contribution in [0.3, 0.4) is 0 Å². The van der Waals surface area contributed by atoms with Crippen molar-refractivity contribution in [1.29, 1.82) is 0 Å². The molecule has 0 fully saturated rings. The molecule has 18 heavy (non-hydrogen) atoms. The number of hydrogen-bond acceptors (Lipinski definition) is 2. The molecule has 0 aliphatic carbocycles. The van der Waals surface area contributed by atoms with Crippen molar-refractivity contribution in [3.05, 3.63) is 42.5 Å². The summed E-state index contributed by atoms with van der Waals surface area (Å²) in [5.41, 5.74) is 15.6. The molecular formula is C15H16N3+. The third kappa shape index (κ3) is 1.56. The van der Waals surface area contributed by atoms with Crippen molar-refractivity contribution in [3.63, 3.8) is 0 Å². The van der Waals surface area contributed by atoms with Gasteiger partial charge < -0.3 is 11.5 Å². The van der Waals surface area contributed by atoms with Gasteiger partial charge in [-0.3, -0.25) is 0 Å². The number of nitrogens with zero attached hydrogens (tertiary/aromatic N) is 1. The molecule has 0 aliphatic rings. The van der Waals surface area contributed by atoms with E-state index in [1.807, 2.05) is 24.3 Å². The van der Waals surface area contributed by atoms with Gasteiger partial charge in [0.1, 0.15) is 6.54 Å². The van der Waals surface area contributed by atoms with E-state index in [0.29, 0.717) is 0 Å². The molecule has 3 nitrogen and oxygen atoms in total. The first-order valence-corrected chi connectivity index (χ1v) is 6.10. The molecule has 0 unspecified atom stereocenters. The van der Waals surface area contributed by atoms with E-state index in [1.54, 1.807) is 0 Å². The summed E-state index contributed by atoms with van der Waals surface area (Å²) in [6.45, 7) is 3.02. The molecule has 0 aliphatic heterocycles. The Bertz CT molecular complexity index is 687. The molecule has 2 aromatic carbocycles. The zero-order valence-corrected chi connectivity index (χ0v) is 10.4. The van der Waals surface area contributed by atoms with Crippen molar-refractivity contribution < 1.29 is 4.57 Å². The van der Waals surface area contributed by atoms with Gasteiger partial charge in [0, 0.05) is 34.3 Å². The average molecular weight is 238 g/mol. The van der Waals surface area contributed by atoms with Gasteiger partial charge in [-0.2, -0.15) is 4.57 Å². The van der Waals surface area contributed by atoms with Crippen LogP contribution < -0.4 is 16.0 Å². The Morgan fingerprint density at radius 2 is 1.33 bits per heavy atom. The molecule has 4 N–H and O–H groups in total. The molecule has 0 spiro atoms. The second kappa shape index (κ2) is 3.88. The SMILES string of the molecule is CC[n+]1c2cc(N)ccc2cc2ccc(N)cc21. The van der Waals surface area contributed by atoms with E-state index in [-0.39, 0.29) is 0 Å². The first-order valence-electron chi connectivity index (χ1n) is 6.10. The Morgan fingerprint density at radius 1 is 0.833 bits per heavy atom. The Kier molecular flexibility index (Phi) is 2.33. The predicted molar refractivity (Wildman–Crippen MR) is 76.1 cm³/mol. The van der Waals surface area contributed by atoms with Crippen LogP contribution in [-0.2, 0) is 6.54 Å². The largest absolute Gasteiger partial charge is 0.399 e. The van der Waals surface area contributed by atoms with Crippen LogP contribution in [0.15, 0.2) is 42.5 Å². The number of aryl methyl sites for hydroxylation is 1. The highest BCUT2D eigenvalue weighted by Gasteiger charge is 2.13. The van der Waals surface area contributed by atoms with Crippen molar-refractivity contribution in [2.24, 2.45) is 0 Å². The zero-order valence-electron chi connectivity index (χ0n) is 10.4. The summed E-state index contributed by atoms with van der Waals surface area (Å²) in [6, 6.07) is 14.2. The van der Waals surface area contributed by atoms with Crippen molar-refractivity contribution in [3.8, 4) is 0 Å². The summed E-state index contributed by atoms with van der Waals surface area (Å²) in [5.74, 6) is 0. The highest BCUT2D eigenvalue weighted by Crippen LogP contribution is 2.21. The third-order valence-electron chi connectivity index (χ3n) is 3.32. The highest BCUT2D eigenvalue weighted by atomic mass is 15.0. The van der Waals surface area contributed by atoms with Crippen LogP contribution in [0, 0.1) is 0 Å². The minimum absolute atomic E-state index is 0.785. The van der Waals surface area contributed by atoms with Gasteiger partial charge in [-0.15, -0.1) is 0 Å². The molecule has 3 aromatic rings. The summed E-state index contributed by atoms with van der Waals surface area (Å²) in [4.78, 5) is 0. The summed E-state index contributed by atoms with van der Waals surface area (Å²) in [6.07, 6.45) is 0. The smallest absolute Gasteiger partial charge is 0.215 e. The van der Waals surface area contributed by atoms with Crippen molar-refractivity contribution in [1.82, 2.24) is 0 Å². The number of benzene rings is 2. The van der Waals surface area contributed by atoms with Crippen molar-refractivity contribution in [2.75, 3.05) is 11.5 Å². The van der Waals surface area contributed by atoms with Gasteiger partial charge in [-0.05, 0) is 37.3 Å². The average Bonchev–Trinajstić information content (AvgIpc) is 2.36. The lowest BCUT2D eigenvalue weighted by atomic mass is 10.1. The molecule has 0 saturated carbocycles. The van der Waals surface area contributed by atoms with E-state index < -0.39 is 0 Å². The first kappa shape index (κ1) is 10.8. The van der Waals surface area contributed by atoms with Crippen LogP contribution in [0.2, 0.25) is 0 Å². The quantitative estimate of drug-likeness (QED) is 0.389. The van der Waals surface area contributed by atoms with Crippen LogP contribution in [0.5, 0.6) is 0 Å². The number of anilines is 2. The van der Waals surface area contributed by atoms with Crippen LogP contribution in [0.4, 0.5) is 11.4 Å². The lowest BCUT2D eigenvalue weighted by molar-refractivity contribution is -0.641. The van der Waals surface area contributed by atoms with Gasteiger partial charge >= 0.3 is 0 Å². The van der Waals surface area contributed by atoms with Gasteiger partial charge in [-0.1, -0.05) is 0 Å². The molecule has 90 valence electrons. The predicted octanol–water partition coefficient (Wildman–Crippen LogP) is 2.46. The van der Waals surface area contributed by atoms with E-state index in [9.17, 15) is 0 Å². The molecule has 1 heterocycles. The highest BCUT2D eigenvalue weighted by molar-refractivity contribution is 5.91. The molecule has 0 amide bonds. The summed E-state index contributed by atoms with van der Waals surface area (Å²) in [5, 5.41) is 2.40. The molecular weight excluding hydrogens is 222 g/mol. The number of fused-ring (bicyclic) bond motifs is 2. The summed E-state index contributed by atoms with van der Waals surface area (Å²) < 4.78 is 2.25. The second-order valence-electron chi connectivity index (χ2n) is 4.53. The number of nitrogen functional groups attached to an aromatic ring is 2. The van der Waals surface area contributed by atoms with Crippen molar-refractivity contribution >= 4 is 33.2 Å². The number of pyridine rings is 1. The van der Waals surface area contributed by atoms with Crippen LogP contribution in [-0.4, -0.2) is 0 Å². The molecule has 0 bridgehead atoms. The molecule has 0 atom stereocenters. The molecule has 0 radical (unpaired) electrons. The topological polar surface area (TPSA) is 55.9 Å². The summed E-state index contributed by atoms with van der Waals surface area (Å²) in [7, 11) is 0. The van der Waals surface area contributed by atoms with Crippen LogP contribution in [0.1, 0.15) is 6.92 Å². The minimum Gasteiger partial charge on any atom is -0.399 e. The maximum Gasteiger partial charge on any atom is 0.215 e. The number of nitrogens with two attached hydrogens (primary N) is 2. The molecule has 3 heteroatoms. The van der Waals surface area contributed by atoms with Gasteiger partial charge in [0.25, 0.3) is 0 Å². The van der Waals surface area contributed by atoms with Crippen LogP contribution >= 0.6 is 0 Å². The summed E-state index contributed by atoms with van der Waals surface area (Å²) >= 11 is 0. The minimum atomic E-state index is 0.785. The Morgan fingerprint density at radius 3 is 1.78 bits per heavy atom. The van der Waals surface area contributed by atoms with Crippen LogP contribution in [0.25, 0.3) is 21.8 Å². The Hall–Kier alpha value is -2.29. The van der Waals surface area contributed by atoms with E-state index >= 15 is 0 Å². The van der Waals surface area contributed by atoms with E-state index in [2.05, 4.69) is 29.7 Å². The lowest BCUT2D eigenvalue weighted by Crippen LogP contribution is -2.34. The maximum absolute atomic E-state index is 5.88. The molecule has 0 saturated heterocycles. The fraction of sp³-hybridized carbons (Fsp3) is 0.133. The molecule has 1 aromatic heterocycles. The number of hydrogen-bond donors (Lipinski definition) is 2. The standard InChI is InChI=1S/C15H15N3/c1-2-18-14-8-12(16)5-3-10(14)7-11-4-6-13(17)9-15(11)18/h3-9H,2H2,1H3,(H3,16,17)/p+1. The lowest BCUT2D eigenvalue weighted by Gasteiger charge is -2.05. The van der Waals surface area contributed by atoms with Gasteiger partial charge in [0.2, 0.25) is 11.0 Å². The van der Waals surface area contributed by atoms with E-state index in [1.165, 1.54) is 10.8 Å². The van der Waals surface area contributed by atoms with E-state index in [0.717, 1.165) is 29.0 Å². The normalized spacial score (nSPS) is 11.2. The van der Waals surface area contributed by atoms with Gasteiger partial charge in [0.05, 0.1) is 0 Å². The Balaban J connectivity index is 2.53. The molecule has 3 rings (SSSR count). The van der Waals surface area contributed by atoms with Crippen molar-refractivity contribution in [2.45, 2.75) is 13.5 Å². The van der Waals surface area contributed by atoms with Gasteiger partial charge in [-0.25, -0.2) is 0 Å². The zero-order chi connectivity index (χ0) is 12.7. The first-order chi connectivity index (χ1) is 8.69.